The molecule has 0 spiro atoms. The number of rotatable bonds is 7. The summed E-state index contributed by atoms with van der Waals surface area (Å²) in [7, 11) is 0. The van der Waals surface area contributed by atoms with Gasteiger partial charge in [0.05, 0.1) is 31.4 Å². The van der Waals surface area contributed by atoms with E-state index in [0.717, 1.165) is 25.9 Å². The highest BCUT2D eigenvalue weighted by atomic mass is 16.5. The van der Waals surface area contributed by atoms with Crippen LogP contribution in [0.15, 0.2) is 24.3 Å². The highest BCUT2D eigenvalue weighted by molar-refractivity contribution is 5.95. The Labute approximate surface area is 143 Å². The highest BCUT2D eigenvalue weighted by Gasteiger charge is 2.15. The lowest BCUT2D eigenvalue weighted by atomic mass is 10.2. The van der Waals surface area contributed by atoms with Gasteiger partial charge in [0.2, 0.25) is 5.91 Å². The van der Waals surface area contributed by atoms with Crippen LogP contribution in [-0.4, -0.2) is 55.7 Å². The average molecular weight is 334 g/mol. The van der Waals surface area contributed by atoms with Gasteiger partial charge in [-0.25, -0.2) is 4.79 Å². The predicted octanol–water partition coefficient (Wildman–Crippen LogP) is 2.30. The van der Waals surface area contributed by atoms with Crippen LogP contribution in [0.1, 0.15) is 37.0 Å². The summed E-state index contributed by atoms with van der Waals surface area (Å²) in [6, 6.07) is 6.85. The number of hydrogen-bond donors (Lipinski definition) is 1. The van der Waals surface area contributed by atoms with Crippen molar-refractivity contribution < 1.29 is 19.1 Å². The van der Waals surface area contributed by atoms with Crippen molar-refractivity contribution >= 4 is 17.6 Å². The molecule has 1 N–H and O–H groups in total. The third-order valence-electron chi connectivity index (χ3n) is 3.86. The minimum absolute atomic E-state index is 0.0956. The van der Waals surface area contributed by atoms with Gasteiger partial charge < -0.3 is 14.8 Å². The van der Waals surface area contributed by atoms with Gasteiger partial charge in [-0.15, -0.1) is 0 Å². The number of ether oxygens (including phenoxy) is 2. The molecule has 0 aromatic heterocycles. The third-order valence-corrected chi connectivity index (χ3v) is 3.86. The van der Waals surface area contributed by atoms with Crippen LogP contribution in [0.5, 0.6) is 0 Å². The number of esters is 1. The lowest BCUT2D eigenvalue weighted by Gasteiger charge is -2.25. The lowest BCUT2D eigenvalue weighted by molar-refractivity contribution is -0.118. The van der Waals surface area contributed by atoms with Crippen molar-refractivity contribution in [3.05, 3.63) is 29.8 Å². The van der Waals surface area contributed by atoms with Crippen molar-refractivity contribution in [2.45, 2.75) is 32.8 Å². The molecule has 1 aromatic rings. The molecule has 0 radical (unpaired) electrons. The monoisotopic (exact) mass is 334 g/mol. The van der Waals surface area contributed by atoms with Gasteiger partial charge in [0.15, 0.2) is 0 Å². The van der Waals surface area contributed by atoms with Crippen LogP contribution in [0, 0.1) is 0 Å². The molecule has 1 aromatic carbocycles. The first-order valence-corrected chi connectivity index (χ1v) is 8.49. The normalized spacial score (nSPS) is 16.4. The van der Waals surface area contributed by atoms with Crippen molar-refractivity contribution in [1.29, 1.82) is 0 Å². The molecule has 6 heteroatoms. The van der Waals surface area contributed by atoms with E-state index in [1.54, 1.807) is 24.3 Å². The Bertz CT molecular complexity index is 556. The first-order chi connectivity index (χ1) is 11.6. The molecule has 0 saturated carbocycles. The van der Waals surface area contributed by atoms with E-state index in [2.05, 4.69) is 12.2 Å². The zero-order valence-corrected chi connectivity index (χ0v) is 14.4. The molecule has 24 heavy (non-hydrogen) atoms. The maximum absolute atomic E-state index is 12.1. The molecule has 6 nitrogen and oxygen atoms in total. The number of carbonyl (C=O) groups is 2. The van der Waals surface area contributed by atoms with Crippen LogP contribution < -0.4 is 5.32 Å². The molecule has 1 aliphatic rings. The Hall–Kier alpha value is -1.92. The van der Waals surface area contributed by atoms with E-state index >= 15 is 0 Å². The Balaban J connectivity index is 1.89. The minimum atomic E-state index is -0.361. The molecule has 132 valence electrons. The number of benzene rings is 1. The summed E-state index contributed by atoms with van der Waals surface area (Å²) >= 11 is 0. The third kappa shape index (κ3) is 5.94. The minimum Gasteiger partial charge on any atom is -0.459 e. The van der Waals surface area contributed by atoms with Gasteiger partial charge in [-0.05, 0) is 31.5 Å². The number of anilines is 1. The van der Waals surface area contributed by atoms with E-state index in [4.69, 9.17) is 9.47 Å². The van der Waals surface area contributed by atoms with E-state index in [1.807, 2.05) is 11.8 Å². The second-order valence-corrected chi connectivity index (χ2v) is 6.02. The largest absolute Gasteiger partial charge is 0.459 e. The number of nitrogens with one attached hydrogen (secondary N) is 1. The van der Waals surface area contributed by atoms with Crippen LogP contribution in [0.4, 0.5) is 5.69 Å². The van der Waals surface area contributed by atoms with Gasteiger partial charge in [-0.2, -0.15) is 0 Å². The fourth-order valence-corrected chi connectivity index (χ4v) is 2.60. The van der Waals surface area contributed by atoms with E-state index in [1.165, 1.54) is 0 Å². The molecular weight excluding hydrogens is 308 g/mol. The van der Waals surface area contributed by atoms with Crippen LogP contribution in [-0.2, 0) is 14.3 Å². The van der Waals surface area contributed by atoms with Gasteiger partial charge in [0.25, 0.3) is 0 Å². The van der Waals surface area contributed by atoms with E-state index < -0.39 is 0 Å². The smallest absolute Gasteiger partial charge is 0.338 e. The first-order valence-electron chi connectivity index (χ1n) is 8.49. The molecule has 1 amide bonds. The topological polar surface area (TPSA) is 67.9 Å². The molecule has 2 rings (SSSR count). The van der Waals surface area contributed by atoms with Gasteiger partial charge >= 0.3 is 5.97 Å². The quantitative estimate of drug-likeness (QED) is 0.775. The maximum Gasteiger partial charge on any atom is 0.338 e. The summed E-state index contributed by atoms with van der Waals surface area (Å²) in [6.07, 6.45) is 1.69. The summed E-state index contributed by atoms with van der Waals surface area (Å²) in [4.78, 5) is 26.3. The maximum atomic E-state index is 12.1. The number of hydrogen-bond acceptors (Lipinski definition) is 5. The molecule has 1 heterocycles. The van der Waals surface area contributed by atoms with Crippen molar-refractivity contribution in [3.63, 3.8) is 0 Å². The Morgan fingerprint density at radius 2 is 2.08 bits per heavy atom. The molecule has 0 aliphatic carbocycles. The average Bonchev–Trinajstić information content (AvgIpc) is 2.56. The number of carbonyl (C=O) groups excluding carboxylic acids is 2. The zero-order valence-electron chi connectivity index (χ0n) is 14.4. The van der Waals surface area contributed by atoms with Crippen molar-refractivity contribution in [2.75, 3.05) is 38.2 Å². The SMILES string of the molecule is CCC[C@@H](C)OC(=O)c1cccc(NC(=O)CN2CCOCC2)c1. The lowest BCUT2D eigenvalue weighted by Crippen LogP contribution is -2.41. The van der Waals surface area contributed by atoms with Crippen molar-refractivity contribution in [1.82, 2.24) is 4.90 Å². The fraction of sp³-hybridized carbons (Fsp3) is 0.556. The van der Waals surface area contributed by atoms with Crippen molar-refractivity contribution in [3.8, 4) is 0 Å². The number of morpholine rings is 1. The molecule has 1 aliphatic heterocycles. The standard InChI is InChI=1S/C18H26N2O4/c1-3-5-14(2)24-18(22)15-6-4-7-16(12-15)19-17(21)13-20-8-10-23-11-9-20/h4,6-7,12,14H,3,5,8-11,13H2,1-2H3,(H,19,21)/t14-/m1/s1. The first kappa shape index (κ1) is 18.4. The fourth-order valence-electron chi connectivity index (χ4n) is 2.60. The van der Waals surface area contributed by atoms with E-state index in [9.17, 15) is 9.59 Å². The van der Waals surface area contributed by atoms with Gasteiger partial charge in [0.1, 0.15) is 0 Å². The highest BCUT2D eigenvalue weighted by Crippen LogP contribution is 2.14. The summed E-state index contributed by atoms with van der Waals surface area (Å²) in [5, 5.41) is 2.83. The van der Waals surface area contributed by atoms with Crippen LogP contribution in [0.25, 0.3) is 0 Å². The van der Waals surface area contributed by atoms with Crippen LogP contribution in [0.3, 0.4) is 0 Å². The molecule has 1 fully saturated rings. The number of nitrogens with zero attached hydrogens (tertiary/aromatic N) is 1. The second-order valence-electron chi connectivity index (χ2n) is 6.02. The number of amides is 1. The van der Waals surface area contributed by atoms with Crippen LogP contribution >= 0.6 is 0 Å². The molecular formula is C18H26N2O4. The Morgan fingerprint density at radius 1 is 1.33 bits per heavy atom. The second kappa shape index (κ2) is 9.39. The molecule has 0 bridgehead atoms. The van der Waals surface area contributed by atoms with E-state index in [-0.39, 0.29) is 18.0 Å². The summed E-state index contributed by atoms with van der Waals surface area (Å²) in [6.45, 7) is 7.09. The Morgan fingerprint density at radius 3 is 2.79 bits per heavy atom. The van der Waals surface area contributed by atoms with Gasteiger partial charge in [-0.3, -0.25) is 9.69 Å². The summed E-state index contributed by atoms with van der Waals surface area (Å²) < 4.78 is 10.7. The van der Waals surface area contributed by atoms with Gasteiger partial charge in [0, 0.05) is 18.8 Å². The summed E-state index contributed by atoms with van der Waals surface area (Å²) in [5.41, 5.74) is 1.05. The van der Waals surface area contributed by atoms with Gasteiger partial charge in [-0.1, -0.05) is 19.4 Å². The Kier molecular flexibility index (Phi) is 7.21. The van der Waals surface area contributed by atoms with Crippen LogP contribution in [0.2, 0.25) is 0 Å². The molecule has 0 unspecified atom stereocenters. The molecule has 1 saturated heterocycles. The van der Waals surface area contributed by atoms with Crippen molar-refractivity contribution in [2.24, 2.45) is 0 Å². The zero-order chi connectivity index (χ0) is 17.4. The van der Waals surface area contributed by atoms with E-state index in [0.29, 0.717) is 31.0 Å². The summed E-state index contributed by atoms with van der Waals surface area (Å²) in [5.74, 6) is -0.456. The molecule has 1 atom stereocenters. The predicted molar refractivity (Wildman–Crippen MR) is 92.1 cm³/mol.